The average molecular weight is 448 g/mol. The fourth-order valence-corrected chi connectivity index (χ4v) is 4.94. The summed E-state index contributed by atoms with van der Waals surface area (Å²) in [7, 11) is 0. The minimum atomic E-state index is -4.04. The zero-order valence-electron chi connectivity index (χ0n) is 15.8. The van der Waals surface area contributed by atoms with Crippen LogP contribution in [0.5, 0.6) is 0 Å². The normalized spacial score (nSPS) is 17.6. The molecule has 2 aromatic rings. The number of nitro benzene ring substituents is 1. The Hall–Kier alpha value is -2.55. The smallest absolute Gasteiger partial charge is 0.393 e. The molecule has 144 valence electrons. The summed E-state index contributed by atoms with van der Waals surface area (Å²) in [5, 5.41) is 11.1. The molecular weight excluding hydrogens is 431 g/mol. The van der Waals surface area contributed by atoms with Gasteiger partial charge in [-0.25, -0.2) is 0 Å². The fraction of sp³-hybridized carbons (Fsp3) is 0.211. The Morgan fingerprint density at radius 1 is 1.18 bits per heavy atom. The maximum Gasteiger partial charge on any atom is 0.737 e. The van der Waals surface area contributed by atoms with E-state index in [1.54, 1.807) is 32.1 Å². The number of rotatable bonds is 2. The lowest BCUT2D eigenvalue weighted by Gasteiger charge is -2.34. The summed E-state index contributed by atoms with van der Waals surface area (Å²) in [6.07, 6.45) is 1.75. The molecule has 0 bridgehead atoms. The Morgan fingerprint density at radius 2 is 1.86 bits per heavy atom. The molecule has 0 saturated heterocycles. The number of nitro groups is 1. The van der Waals surface area contributed by atoms with Crippen LogP contribution in [0.25, 0.3) is 5.57 Å². The molecule has 28 heavy (non-hydrogen) atoms. The maximum absolute atomic E-state index is 15.6. The highest BCUT2D eigenvalue weighted by Gasteiger charge is 2.55. The van der Waals surface area contributed by atoms with Crippen LogP contribution >= 0.6 is 15.9 Å². The number of benzene rings is 1. The van der Waals surface area contributed by atoms with Crippen molar-refractivity contribution in [1.82, 2.24) is 4.48 Å². The number of non-ortho nitro benzene ring substituents is 1. The Balaban J connectivity index is 2.14. The zero-order valence-corrected chi connectivity index (χ0v) is 17.3. The Morgan fingerprint density at radius 3 is 2.46 bits per heavy atom. The van der Waals surface area contributed by atoms with Gasteiger partial charge in [0, 0.05) is 46.4 Å². The van der Waals surface area contributed by atoms with Gasteiger partial charge in [0.15, 0.2) is 5.70 Å². The second-order valence-corrected chi connectivity index (χ2v) is 8.11. The maximum atomic E-state index is 15.6. The van der Waals surface area contributed by atoms with Gasteiger partial charge in [0.05, 0.1) is 10.5 Å². The number of hydrogen-bond acceptors (Lipinski definition) is 2. The van der Waals surface area contributed by atoms with Crippen LogP contribution in [0.15, 0.2) is 46.1 Å². The van der Waals surface area contributed by atoms with Crippen molar-refractivity contribution in [2.24, 2.45) is 0 Å². The van der Waals surface area contributed by atoms with E-state index in [-0.39, 0.29) is 5.69 Å². The number of halogens is 3. The number of allylic oxidation sites excluding steroid dienone is 2. The zero-order chi connectivity index (χ0) is 20.5. The molecule has 0 unspecified atom stereocenters. The molecule has 0 aliphatic carbocycles. The van der Waals surface area contributed by atoms with E-state index in [9.17, 15) is 10.1 Å². The van der Waals surface area contributed by atoms with Crippen LogP contribution in [-0.4, -0.2) is 26.6 Å². The number of fused-ring (bicyclic) bond motifs is 2. The summed E-state index contributed by atoms with van der Waals surface area (Å²) < 4.78 is 33.9. The summed E-state index contributed by atoms with van der Waals surface area (Å²) in [4.78, 5) is 10.6. The lowest BCUT2D eigenvalue weighted by atomic mass is 9.84. The molecule has 0 atom stereocenters. The predicted molar refractivity (Wildman–Crippen MR) is 109 cm³/mol. The van der Waals surface area contributed by atoms with E-state index in [4.69, 9.17) is 0 Å². The first-order valence-electron chi connectivity index (χ1n) is 8.77. The van der Waals surface area contributed by atoms with Crippen LogP contribution in [0, 0.1) is 24.0 Å². The Kier molecular flexibility index (Phi) is 4.01. The molecule has 2 aliphatic heterocycles. The summed E-state index contributed by atoms with van der Waals surface area (Å²) in [5.41, 5.74) is 4.55. The van der Waals surface area contributed by atoms with Gasteiger partial charge in [0.25, 0.3) is 5.69 Å². The van der Waals surface area contributed by atoms with E-state index in [1.807, 2.05) is 13.8 Å². The quantitative estimate of drug-likeness (QED) is 0.360. The first-order chi connectivity index (χ1) is 13.1. The van der Waals surface area contributed by atoms with Crippen LogP contribution in [-0.2, 0) is 0 Å². The lowest BCUT2D eigenvalue weighted by molar-refractivity contribution is -0.385. The van der Waals surface area contributed by atoms with E-state index in [1.165, 1.54) is 12.1 Å². The fourth-order valence-electron chi connectivity index (χ4n) is 4.37. The summed E-state index contributed by atoms with van der Waals surface area (Å²) >= 11 is 3.42. The first kappa shape index (κ1) is 18.8. The molecule has 0 radical (unpaired) electrons. The molecule has 4 rings (SSSR count). The van der Waals surface area contributed by atoms with E-state index < -0.39 is 11.9 Å². The highest BCUT2D eigenvalue weighted by Crippen LogP contribution is 2.45. The van der Waals surface area contributed by atoms with Crippen molar-refractivity contribution in [3.8, 4) is 0 Å². The van der Waals surface area contributed by atoms with Crippen molar-refractivity contribution in [3.63, 3.8) is 0 Å². The highest BCUT2D eigenvalue weighted by atomic mass is 79.9. The molecule has 0 fully saturated rings. The van der Waals surface area contributed by atoms with Gasteiger partial charge < -0.3 is 17.6 Å². The molecule has 2 aliphatic rings. The van der Waals surface area contributed by atoms with E-state index in [2.05, 4.69) is 15.9 Å². The van der Waals surface area contributed by atoms with Crippen LogP contribution in [0.4, 0.5) is 14.3 Å². The topological polar surface area (TPSA) is 51.1 Å². The summed E-state index contributed by atoms with van der Waals surface area (Å²) in [5.74, 6) is 0. The monoisotopic (exact) mass is 447 g/mol. The van der Waals surface area contributed by atoms with Gasteiger partial charge in [0.2, 0.25) is 0 Å². The molecule has 5 nitrogen and oxygen atoms in total. The summed E-state index contributed by atoms with van der Waals surface area (Å²) in [6, 6.07) is 6.18. The third-order valence-corrected chi connectivity index (χ3v) is 6.02. The third kappa shape index (κ3) is 2.38. The van der Waals surface area contributed by atoms with Crippen LogP contribution < -0.4 is 0 Å². The number of hydrogen-bond donors (Lipinski definition) is 0. The van der Waals surface area contributed by atoms with Crippen molar-refractivity contribution >= 4 is 39.9 Å². The van der Waals surface area contributed by atoms with E-state index in [0.717, 1.165) is 20.1 Å². The second-order valence-electron chi connectivity index (χ2n) is 7.26. The number of aromatic nitrogens is 1. The van der Waals surface area contributed by atoms with Crippen molar-refractivity contribution in [3.05, 3.63) is 78.7 Å². The predicted octanol–water partition coefficient (Wildman–Crippen LogP) is 5.20. The van der Waals surface area contributed by atoms with Crippen LogP contribution in [0.2, 0.25) is 0 Å². The molecule has 0 N–H and O–H groups in total. The molecule has 0 spiro atoms. The Bertz CT molecular complexity index is 1180. The van der Waals surface area contributed by atoms with Crippen LogP contribution in [0.1, 0.15) is 36.4 Å². The molecule has 1 aromatic heterocycles. The lowest BCUT2D eigenvalue weighted by Crippen LogP contribution is -2.51. The van der Waals surface area contributed by atoms with Gasteiger partial charge in [-0.05, 0) is 60.1 Å². The minimum absolute atomic E-state index is 0.0619. The van der Waals surface area contributed by atoms with Gasteiger partial charge in [-0.15, -0.1) is 0 Å². The van der Waals surface area contributed by atoms with Crippen molar-refractivity contribution in [2.45, 2.75) is 27.7 Å². The number of aryl methyl sites for hydroxylation is 2. The Labute approximate surface area is 169 Å². The number of nitrogens with zero attached hydrogens (tertiary/aromatic N) is 3. The molecular formula is C19H17BBrF2N3O2. The van der Waals surface area contributed by atoms with Crippen molar-refractivity contribution < 1.29 is 18.0 Å². The molecule has 0 saturated carbocycles. The van der Waals surface area contributed by atoms with Crippen molar-refractivity contribution in [2.75, 3.05) is 0 Å². The van der Waals surface area contributed by atoms with Gasteiger partial charge in [-0.2, -0.15) is 0 Å². The average Bonchev–Trinajstić information content (AvgIpc) is 3.06. The van der Waals surface area contributed by atoms with Gasteiger partial charge in [-0.1, -0.05) is 0 Å². The molecule has 3 heterocycles. The van der Waals surface area contributed by atoms with Crippen LogP contribution in [0.3, 0.4) is 0 Å². The first-order valence-corrected chi connectivity index (χ1v) is 9.56. The molecule has 1 aromatic carbocycles. The van der Waals surface area contributed by atoms with Gasteiger partial charge >= 0.3 is 6.97 Å². The van der Waals surface area contributed by atoms with Gasteiger partial charge in [0.1, 0.15) is 5.71 Å². The van der Waals surface area contributed by atoms with Crippen molar-refractivity contribution in [1.29, 1.82) is 0 Å². The second kappa shape index (κ2) is 5.97. The standard InChI is InChI=1S/C19H17BBrF2N3O2/c1-10-7-12(3)24-18(10)17(15-6-5-14(26(27)28)9-16(15)21)19-11(2)8-13(4)25(19)20(24,22)23/h5-9H,1-4H3. The van der Waals surface area contributed by atoms with E-state index >= 15 is 8.63 Å². The SMILES string of the molecule is CC1=CC(C)=[N+]2C1=C(c1ccc([N+](=O)[O-])cc1Br)c1c(C)cc(C)n1[B-]2(F)F. The molecule has 9 heteroatoms. The van der Waals surface area contributed by atoms with E-state index in [0.29, 0.717) is 38.4 Å². The largest absolute Gasteiger partial charge is 0.737 e. The minimum Gasteiger partial charge on any atom is -0.393 e. The highest BCUT2D eigenvalue weighted by molar-refractivity contribution is 9.10. The summed E-state index contributed by atoms with van der Waals surface area (Å²) in [6.45, 7) is 2.92. The third-order valence-electron chi connectivity index (χ3n) is 5.37. The molecule has 0 amide bonds. The van der Waals surface area contributed by atoms with Gasteiger partial charge in [-0.3, -0.25) is 10.1 Å².